The lowest BCUT2D eigenvalue weighted by Gasteiger charge is -2.31. The van der Waals surface area contributed by atoms with Crippen LogP contribution in [-0.4, -0.2) is 57.2 Å². The van der Waals surface area contributed by atoms with Gasteiger partial charge >= 0.3 is 0 Å². The third-order valence-electron chi connectivity index (χ3n) is 5.34. The average molecular weight is 497 g/mol. The van der Waals surface area contributed by atoms with Crippen LogP contribution in [0, 0.1) is 6.92 Å². The van der Waals surface area contributed by atoms with E-state index in [2.05, 4.69) is 15.5 Å². The molecule has 10 heteroatoms. The summed E-state index contributed by atoms with van der Waals surface area (Å²) in [6.07, 6.45) is 0. The lowest BCUT2D eigenvalue weighted by molar-refractivity contribution is 0.123. The molecule has 0 saturated carbocycles. The Balaban J connectivity index is 1.92. The largest absolute Gasteiger partial charge is 0.378 e. The predicted molar refractivity (Wildman–Crippen MR) is 136 cm³/mol. The van der Waals surface area contributed by atoms with Crippen molar-refractivity contribution in [3.8, 4) is 0 Å². The van der Waals surface area contributed by atoms with Gasteiger partial charge in [0.15, 0.2) is 5.11 Å². The molecule has 0 aromatic heterocycles. The van der Waals surface area contributed by atoms with Gasteiger partial charge in [0, 0.05) is 36.9 Å². The molecule has 174 valence electrons. The molecule has 1 fully saturated rings. The maximum absolute atomic E-state index is 13.1. The number of aryl methyl sites for hydroxylation is 1. The molecule has 0 spiro atoms. The normalized spacial score (nSPS) is 14.5. The Morgan fingerprint density at radius 2 is 1.81 bits per heavy atom. The van der Waals surface area contributed by atoms with E-state index in [9.17, 15) is 8.42 Å². The molecular weight excluding hydrogens is 468 g/mol. The summed E-state index contributed by atoms with van der Waals surface area (Å²) in [6.45, 7) is 9.05. The fourth-order valence-electron chi connectivity index (χ4n) is 3.52. The highest BCUT2D eigenvalue weighted by atomic mass is 35.5. The number of nitrogens with one attached hydrogen (secondary N) is 2. The number of morpholine rings is 1. The molecule has 3 rings (SSSR count). The van der Waals surface area contributed by atoms with Gasteiger partial charge in [-0.25, -0.2) is 8.42 Å². The second kappa shape index (κ2) is 10.8. The smallest absolute Gasteiger partial charge is 0.243 e. The van der Waals surface area contributed by atoms with Crippen molar-refractivity contribution < 1.29 is 13.2 Å². The predicted octanol–water partition coefficient (Wildman–Crippen LogP) is 4.32. The zero-order valence-corrected chi connectivity index (χ0v) is 20.9. The van der Waals surface area contributed by atoms with Gasteiger partial charge < -0.3 is 20.3 Å². The van der Waals surface area contributed by atoms with Gasteiger partial charge in [0.2, 0.25) is 10.0 Å². The number of rotatable bonds is 7. The van der Waals surface area contributed by atoms with Crippen LogP contribution < -0.4 is 15.5 Å². The van der Waals surface area contributed by atoms with E-state index in [-0.39, 0.29) is 4.90 Å². The molecule has 7 nitrogen and oxygen atoms in total. The molecule has 2 aromatic carbocycles. The van der Waals surface area contributed by atoms with Gasteiger partial charge in [-0.05, 0) is 55.0 Å². The first-order valence-corrected chi connectivity index (χ1v) is 12.8. The Hall–Kier alpha value is -1.91. The molecule has 0 amide bonds. The zero-order valence-electron chi connectivity index (χ0n) is 18.5. The highest BCUT2D eigenvalue weighted by Crippen LogP contribution is 2.31. The van der Waals surface area contributed by atoms with E-state index in [0.717, 1.165) is 16.9 Å². The number of benzene rings is 2. The van der Waals surface area contributed by atoms with Crippen molar-refractivity contribution in [1.29, 1.82) is 0 Å². The Bertz CT molecular complexity index is 1070. The Morgan fingerprint density at radius 1 is 1.12 bits per heavy atom. The van der Waals surface area contributed by atoms with Crippen LogP contribution in [0.4, 0.5) is 17.1 Å². The van der Waals surface area contributed by atoms with Crippen molar-refractivity contribution in [3.63, 3.8) is 0 Å². The molecule has 0 atom stereocenters. The van der Waals surface area contributed by atoms with Gasteiger partial charge in [0.25, 0.3) is 0 Å². The summed E-state index contributed by atoms with van der Waals surface area (Å²) in [5.74, 6) is 0. The minimum Gasteiger partial charge on any atom is -0.378 e. The number of hydrogen-bond acceptors (Lipinski definition) is 5. The van der Waals surface area contributed by atoms with Gasteiger partial charge in [0.1, 0.15) is 0 Å². The third-order valence-corrected chi connectivity index (χ3v) is 8.00. The Morgan fingerprint density at radius 3 is 2.44 bits per heavy atom. The summed E-state index contributed by atoms with van der Waals surface area (Å²) in [7, 11) is -3.61. The van der Waals surface area contributed by atoms with E-state index < -0.39 is 10.0 Å². The van der Waals surface area contributed by atoms with Crippen molar-refractivity contribution in [1.82, 2.24) is 4.31 Å². The van der Waals surface area contributed by atoms with E-state index >= 15 is 0 Å². The quantitative estimate of drug-likeness (QED) is 0.553. The van der Waals surface area contributed by atoms with Gasteiger partial charge in [0.05, 0.1) is 29.5 Å². The third kappa shape index (κ3) is 5.71. The van der Waals surface area contributed by atoms with Gasteiger partial charge in [-0.2, -0.15) is 4.31 Å². The lowest BCUT2D eigenvalue weighted by atomic mass is 10.2. The maximum atomic E-state index is 13.1. The van der Waals surface area contributed by atoms with Gasteiger partial charge in [-0.1, -0.05) is 31.5 Å². The number of hydrogen-bond donors (Lipinski definition) is 2. The standard InChI is InChI=1S/C22H29ClN4O3S2/c1-4-27(5-2)32(28,29)18-8-9-21(26-10-12-30-13-11-26)20(15-18)25-22(31)24-17-7-6-16(3)19(23)14-17/h6-9,14-15H,4-5,10-13H2,1-3H3,(H2,24,25,31). The minimum atomic E-state index is -3.61. The van der Waals surface area contributed by atoms with Crippen LogP contribution in [0.25, 0.3) is 0 Å². The number of anilines is 3. The Kier molecular flexibility index (Phi) is 8.35. The number of sulfonamides is 1. The van der Waals surface area contributed by atoms with E-state index in [0.29, 0.717) is 55.2 Å². The first kappa shape index (κ1) is 24.7. The lowest BCUT2D eigenvalue weighted by Crippen LogP contribution is -2.37. The molecule has 32 heavy (non-hydrogen) atoms. The highest BCUT2D eigenvalue weighted by molar-refractivity contribution is 7.89. The van der Waals surface area contributed by atoms with E-state index in [1.807, 2.05) is 39.0 Å². The summed E-state index contributed by atoms with van der Waals surface area (Å²) in [4.78, 5) is 2.38. The zero-order chi connectivity index (χ0) is 23.3. The Labute approximate surface area is 200 Å². The van der Waals surface area contributed by atoms with Gasteiger partial charge in [-0.15, -0.1) is 0 Å². The van der Waals surface area contributed by atoms with Crippen LogP contribution in [-0.2, 0) is 14.8 Å². The number of thiocarbonyl (C=S) groups is 1. The first-order valence-electron chi connectivity index (χ1n) is 10.6. The fraction of sp³-hybridized carbons (Fsp3) is 0.409. The molecule has 2 aromatic rings. The van der Waals surface area contributed by atoms with E-state index in [1.54, 1.807) is 18.2 Å². The van der Waals surface area contributed by atoms with Crippen LogP contribution in [0.1, 0.15) is 19.4 Å². The number of ether oxygens (including phenoxy) is 1. The maximum Gasteiger partial charge on any atom is 0.243 e. The second-order valence-corrected chi connectivity index (χ2v) is 10.2. The van der Waals surface area contributed by atoms with Crippen molar-refractivity contribution in [2.24, 2.45) is 0 Å². The van der Waals surface area contributed by atoms with Crippen LogP contribution in [0.15, 0.2) is 41.3 Å². The summed E-state index contributed by atoms with van der Waals surface area (Å²) in [5.41, 5.74) is 3.21. The monoisotopic (exact) mass is 496 g/mol. The molecule has 1 heterocycles. The second-order valence-electron chi connectivity index (χ2n) is 7.41. The van der Waals surface area contributed by atoms with Gasteiger partial charge in [-0.3, -0.25) is 0 Å². The fourth-order valence-corrected chi connectivity index (χ4v) is 5.42. The molecule has 1 aliphatic heterocycles. The van der Waals surface area contributed by atoms with Crippen LogP contribution >= 0.6 is 23.8 Å². The van der Waals surface area contributed by atoms with Crippen molar-refractivity contribution in [3.05, 3.63) is 47.0 Å². The van der Waals surface area contributed by atoms with E-state index in [4.69, 9.17) is 28.6 Å². The molecule has 2 N–H and O–H groups in total. The summed E-state index contributed by atoms with van der Waals surface area (Å²) < 4.78 is 33.1. The molecule has 1 saturated heterocycles. The molecule has 0 aliphatic carbocycles. The van der Waals surface area contributed by atoms with Crippen molar-refractivity contribution in [2.45, 2.75) is 25.7 Å². The van der Waals surface area contributed by atoms with Crippen LogP contribution in [0.3, 0.4) is 0 Å². The first-order chi connectivity index (χ1) is 15.3. The molecule has 0 bridgehead atoms. The molecule has 0 unspecified atom stereocenters. The van der Waals surface area contributed by atoms with Crippen LogP contribution in [0.5, 0.6) is 0 Å². The molecule has 0 radical (unpaired) electrons. The minimum absolute atomic E-state index is 0.224. The SMILES string of the molecule is CCN(CC)S(=O)(=O)c1ccc(N2CCOCC2)c(NC(=S)Nc2ccc(C)c(Cl)c2)c1. The summed E-state index contributed by atoms with van der Waals surface area (Å²) >= 11 is 11.7. The average Bonchev–Trinajstić information content (AvgIpc) is 2.77. The molecular formula is C22H29ClN4O3S2. The van der Waals surface area contributed by atoms with Crippen LogP contribution in [0.2, 0.25) is 5.02 Å². The topological polar surface area (TPSA) is 73.9 Å². The summed E-state index contributed by atoms with van der Waals surface area (Å²) in [6, 6.07) is 10.7. The van der Waals surface area contributed by atoms with Crippen molar-refractivity contribution in [2.75, 3.05) is 54.9 Å². The highest BCUT2D eigenvalue weighted by Gasteiger charge is 2.24. The summed E-state index contributed by atoms with van der Waals surface area (Å²) in [5, 5.41) is 7.30. The van der Waals surface area contributed by atoms with Crippen molar-refractivity contribution >= 4 is 56.0 Å². The van der Waals surface area contributed by atoms with E-state index in [1.165, 1.54) is 4.31 Å². The molecule has 1 aliphatic rings. The number of nitrogens with zero attached hydrogens (tertiary/aromatic N) is 2. The number of halogens is 1.